The number of carbonyl (C=O) groups is 1. The smallest absolute Gasteiger partial charge is 0.140 e. The second-order valence-electron chi connectivity index (χ2n) is 6.03. The van der Waals surface area contributed by atoms with E-state index in [0.29, 0.717) is 18.8 Å². The molecule has 0 radical (unpaired) electrons. The second-order valence-corrected chi connectivity index (χ2v) is 6.03. The van der Waals surface area contributed by atoms with Crippen molar-refractivity contribution in [3.8, 4) is 0 Å². The molecule has 0 bridgehead atoms. The van der Waals surface area contributed by atoms with Crippen LogP contribution in [-0.2, 0) is 16.0 Å². The van der Waals surface area contributed by atoms with Crippen LogP contribution >= 0.6 is 0 Å². The molecule has 1 aliphatic heterocycles. The van der Waals surface area contributed by atoms with E-state index in [9.17, 15) is 4.79 Å². The van der Waals surface area contributed by atoms with E-state index in [0.717, 1.165) is 32.1 Å². The Balaban J connectivity index is 1.70. The summed E-state index contributed by atoms with van der Waals surface area (Å²) in [6.45, 7) is 0.714. The van der Waals surface area contributed by atoms with Crippen LogP contribution in [-0.4, -0.2) is 18.4 Å². The minimum absolute atomic E-state index is 0.0430. The van der Waals surface area contributed by atoms with Gasteiger partial charge in [-0.15, -0.1) is 0 Å². The number of carbonyl (C=O) groups excluding carboxylic acids is 1. The third-order valence-corrected chi connectivity index (χ3v) is 4.71. The van der Waals surface area contributed by atoms with Gasteiger partial charge in [-0.1, -0.05) is 37.1 Å². The molecule has 0 saturated heterocycles. The molecule has 3 atom stereocenters. The van der Waals surface area contributed by atoms with E-state index in [1.165, 1.54) is 11.1 Å². The van der Waals surface area contributed by atoms with Gasteiger partial charge in [-0.2, -0.15) is 0 Å². The molecule has 3 nitrogen and oxygen atoms in total. The molecule has 3 rings (SSSR count). The molecule has 1 saturated carbocycles. The zero-order valence-corrected chi connectivity index (χ0v) is 11.9. The number of hydrogen-bond donors (Lipinski definition) is 1. The predicted molar refractivity (Wildman–Crippen MR) is 78.4 cm³/mol. The van der Waals surface area contributed by atoms with E-state index in [1.807, 2.05) is 6.07 Å². The molecule has 108 valence electrons. The van der Waals surface area contributed by atoms with Crippen LogP contribution in [0.2, 0.25) is 0 Å². The van der Waals surface area contributed by atoms with Gasteiger partial charge in [-0.25, -0.2) is 0 Å². The second kappa shape index (κ2) is 6.06. The molecule has 3 unspecified atom stereocenters. The van der Waals surface area contributed by atoms with Gasteiger partial charge >= 0.3 is 0 Å². The van der Waals surface area contributed by atoms with Crippen LogP contribution in [0.3, 0.4) is 0 Å². The SMILES string of the molecule is NC1CCCCC1C(=O)CC1OCCc2ccccc21. The van der Waals surface area contributed by atoms with Crippen molar-refractivity contribution in [2.45, 2.75) is 50.7 Å². The molecule has 0 amide bonds. The summed E-state index contributed by atoms with van der Waals surface area (Å²) in [4.78, 5) is 12.5. The van der Waals surface area contributed by atoms with Gasteiger partial charge in [-0.05, 0) is 30.4 Å². The van der Waals surface area contributed by atoms with Gasteiger partial charge in [0.05, 0.1) is 12.7 Å². The van der Waals surface area contributed by atoms with E-state index in [4.69, 9.17) is 10.5 Å². The number of fused-ring (bicyclic) bond motifs is 1. The molecule has 3 heteroatoms. The maximum atomic E-state index is 12.5. The lowest BCUT2D eigenvalue weighted by Gasteiger charge is -2.30. The van der Waals surface area contributed by atoms with Crippen molar-refractivity contribution in [3.63, 3.8) is 0 Å². The van der Waals surface area contributed by atoms with Crippen LogP contribution in [0.25, 0.3) is 0 Å². The predicted octanol–water partition coefficient (Wildman–Crippen LogP) is 2.78. The van der Waals surface area contributed by atoms with Crippen molar-refractivity contribution in [1.29, 1.82) is 0 Å². The van der Waals surface area contributed by atoms with Gasteiger partial charge in [0.25, 0.3) is 0 Å². The number of hydrogen-bond acceptors (Lipinski definition) is 3. The van der Waals surface area contributed by atoms with Crippen molar-refractivity contribution < 1.29 is 9.53 Å². The van der Waals surface area contributed by atoms with Gasteiger partial charge in [0.15, 0.2) is 0 Å². The molecule has 0 spiro atoms. The lowest BCUT2D eigenvalue weighted by molar-refractivity contribution is -0.127. The van der Waals surface area contributed by atoms with E-state index in [2.05, 4.69) is 18.2 Å². The van der Waals surface area contributed by atoms with Crippen molar-refractivity contribution >= 4 is 5.78 Å². The van der Waals surface area contributed by atoms with E-state index >= 15 is 0 Å². The molecule has 1 heterocycles. The summed E-state index contributed by atoms with van der Waals surface area (Å²) < 4.78 is 5.84. The maximum absolute atomic E-state index is 12.5. The zero-order valence-electron chi connectivity index (χ0n) is 11.9. The third-order valence-electron chi connectivity index (χ3n) is 4.71. The van der Waals surface area contributed by atoms with E-state index < -0.39 is 0 Å². The number of ketones is 1. The molecule has 0 aromatic heterocycles. The first-order valence-electron chi connectivity index (χ1n) is 7.73. The quantitative estimate of drug-likeness (QED) is 0.921. The van der Waals surface area contributed by atoms with Crippen LogP contribution < -0.4 is 5.73 Å². The highest BCUT2D eigenvalue weighted by Crippen LogP contribution is 2.33. The number of nitrogens with two attached hydrogens (primary N) is 1. The van der Waals surface area contributed by atoms with Gasteiger partial charge in [-0.3, -0.25) is 4.79 Å². The Labute approximate surface area is 120 Å². The Morgan fingerprint density at radius 1 is 1.25 bits per heavy atom. The fourth-order valence-electron chi connectivity index (χ4n) is 3.54. The van der Waals surface area contributed by atoms with Crippen LogP contribution in [0.4, 0.5) is 0 Å². The lowest BCUT2D eigenvalue weighted by Crippen LogP contribution is -2.38. The zero-order chi connectivity index (χ0) is 13.9. The normalized spacial score (nSPS) is 29.8. The summed E-state index contributed by atoms with van der Waals surface area (Å²) in [5.74, 6) is 0.334. The monoisotopic (exact) mass is 273 g/mol. The van der Waals surface area contributed by atoms with Crippen LogP contribution in [0, 0.1) is 5.92 Å². The van der Waals surface area contributed by atoms with Gasteiger partial charge in [0.2, 0.25) is 0 Å². The Morgan fingerprint density at radius 3 is 2.90 bits per heavy atom. The largest absolute Gasteiger partial charge is 0.373 e. The average molecular weight is 273 g/mol. The Morgan fingerprint density at radius 2 is 2.05 bits per heavy atom. The summed E-state index contributed by atoms with van der Waals surface area (Å²) in [5.41, 5.74) is 8.63. The van der Waals surface area contributed by atoms with Crippen LogP contribution in [0.5, 0.6) is 0 Å². The maximum Gasteiger partial charge on any atom is 0.140 e. The van der Waals surface area contributed by atoms with Crippen LogP contribution in [0.15, 0.2) is 24.3 Å². The molecule has 2 aliphatic rings. The number of benzene rings is 1. The first-order chi connectivity index (χ1) is 9.75. The van der Waals surface area contributed by atoms with Gasteiger partial charge < -0.3 is 10.5 Å². The summed E-state index contributed by atoms with van der Waals surface area (Å²) >= 11 is 0. The first-order valence-corrected chi connectivity index (χ1v) is 7.73. The Kier molecular flexibility index (Phi) is 4.18. The average Bonchev–Trinajstić information content (AvgIpc) is 2.48. The molecule has 2 N–H and O–H groups in total. The Hall–Kier alpha value is -1.19. The van der Waals surface area contributed by atoms with E-state index in [-0.39, 0.29) is 18.1 Å². The van der Waals surface area contributed by atoms with Crippen molar-refractivity contribution in [1.82, 2.24) is 0 Å². The number of rotatable bonds is 3. The topological polar surface area (TPSA) is 52.3 Å². The molecule has 1 fully saturated rings. The van der Waals surface area contributed by atoms with Crippen molar-refractivity contribution in [2.24, 2.45) is 11.7 Å². The van der Waals surface area contributed by atoms with E-state index in [1.54, 1.807) is 0 Å². The summed E-state index contributed by atoms with van der Waals surface area (Å²) in [5, 5.41) is 0. The Bertz CT molecular complexity index is 486. The fraction of sp³-hybridized carbons (Fsp3) is 0.588. The minimum Gasteiger partial charge on any atom is -0.373 e. The third kappa shape index (κ3) is 2.79. The highest BCUT2D eigenvalue weighted by Gasteiger charge is 2.31. The molecule has 1 aliphatic carbocycles. The summed E-state index contributed by atoms with van der Waals surface area (Å²) in [7, 11) is 0. The standard InChI is InChI=1S/C17H23NO2/c18-15-8-4-3-7-14(15)16(19)11-17-13-6-2-1-5-12(13)9-10-20-17/h1-2,5-6,14-15,17H,3-4,7-11,18H2. The molecule has 1 aromatic carbocycles. The first kappa shape index (κ1) is 13.8. The number of Topliss-reactive ketones (excluding diaryl/α,β-unsaturated/α-hetero) is 1. The van der Waals surface area contributed by atoms with Crippen molar-refractivity contribution in [3.05, 3.63) is 35.4 Å². The molecular weight excluding hydrogens is 250 g/mol. The van der Waals surface area contributed by atoms with Gasteiger partial charge in [0, 0.05) is 18.4 Å². The molecule has 20 heavy (non-hydrogen) atoms. The van der Waals surface area contributed by atoms with Crippen molar-refractivity contribution in [2.75, 3.05) is 6.61 Å². The minimum atomic E-state index is -0.0680. The number of ether oxygens (including phenoxy) is 1. The van der Waals surface area contributed by atoms with Crippen LogP contribution in [0.1, 0.15) is 49.3 Å². The van der Waals surface area contributed by atoms with Gasteiger partial charge in [0.1, 0.15) is 5.78 Å². The lowest BCUT2D eigenvalue weighted by atomic mass is 9.80. The highest BCUT2D eigenvalue weighted by molar-refractivity contribution is 5.82. The highest BCUT2D eigenvalue weighted by atomic mass is 16.5. The molecule has 1 aromatic rings. The fourth-order valence-corrected chi connectivity index (χ4v) is 3.54. The summed E-state index contributed by atoms with van der Waals surface area (Å²) in [6, 6.07) is 8.36. The summed E-state index contributed by atoms with van der Waals surface area (Å²) in [6.07, 6.45) is 5.59. The molecular formula is C17H23NO2.